The second-order valence-corrected chi connectivity index (χ2v) is 11.8. The molecule has 8 rings (SSSR count). The first-order valence-electron chi connectivity index (χ1n) is 11.3. The van der Waals surface area contributed by atoms with Crippen LogP contribution in [0.1, 0.15) is 77.0 Å². The van der Waals surface area contributed by atoms with Gasteiger partial charge in [-0.1, -0.05) is 0 Å². The molecule has 4 unspecified atom stereocenters. The molecule has 8 aliphatic rings. The zero-order valence-corrected chi connectivity index (χ0v) is 16.4. The lowest BCUT2D eigenvalue weighted by Gasteiger charge is -2.59. The van der Waals surface area contributed by atoms with Gasteiger partial charge in [-0.2, -0.15) is 0 Å². The van der Waals surface area contributed by atoms with Gasteiger partial charge in [-0.25, -0.2) is 0 Å². The van der Waals surface area contributed by atoms with Crippen molar-refractivity contribution in [1.29, 1.82) is 0 Å². The van der Waals surface area contributed by atoms with Gasteiger partial charge in [0.25, 0.3) is 0 Å². The maximum Gasteiger partial charge on any atom is 0.0867 e. The molecular formula is C24H34O3. The Kier molecular flexibility index (Phi) is 3.43. The maximum atomic E-state index is 10.9. The van der Waals surface area contributed by atoms with E-state index < -0.39 is 11.2 Å². The number of aliphatic hydroxyl groups is 2. The fourth-order valence-electron chi connectivity index (χ4n) is 9.37. The molecule has 27 heavy (non-hydrogen) atoms. The van der Waals surface area contributed by atoms with Crippen LogP contribution in [0.25, 0.3) is 0 Å². The summed E-state index contributed by atoms with van der Waals surface area (Å²) in [5.41, 5.74) is -0.469. The molecule has 0 aromatic heterocycles. The third kappa shape index (κ3) is 2.83. The zero-order chi connectivity index (χ0) is 18.3. The first kappa shape index (κ1) is 17.1. The highest BCUT2D eigenvalue weighted by Gasteiger charge is 2.57. The molecule has 8 fully saturated rings. The summed E-state index contributed by atoms with van der Waals surface area (Å²) in [6.45, 7) is 0. The Morgan fingerprint density at radius 2 is 0.963 bits per heavy atom. The van der Waals surface area contributed by atoms with Crippen molar-refractivity contribution in [3.05, 3.63) is 24.7 Å². The molecule has 0 aliphatic heterocycles. The summed E-state index contributed by atoms with van der Waals surface area (Å²) in [5.74, 6) is 2.85. The van der Waals surface area contributed by atoms with E-state index >= 15 is 0 Å². The van der Waals surface area contributed by atoms with Crippen LogP contribution in [0.2, 0.25) is 0 Å². The van der Waals surface area contributed by atoms with Crippen LogP contribution in [0, 0.1) is 34.5 Å². The Labute approximate surface area is 162 Å². The Morgan fingerprint density at radius 3 is 1.30 bits per heavy atom. The quantitative estimate of drug-likeness (QED) is 0.706. The molecule has 0 aromatic carbocycles. The van der Waals surface area contributed by atoms with Crippen LogP contribution in [0.5, 0.6) is 0 Å². The summed E-state index contributed by atoms with van der Waals surface area (Å²) in [6, 6.07) is 0. The summed E-state index contributed by atoms with van der Waals surface area (Å²) in [6.07, 6.45) is 21.8. The highest BCUT2D eigenvalue weighted by Crippen LogP contribution is 2.63. The van der Waals surface area contributed by atoms with E-state index in [1.807, 2.05) is 12.5 Å². The summed E-state index contributed by atoms with van der Waals surface area (Å²) < 4.78 is 5.85. The van der Waals surface area contributed by atoms with Gasteiger partial charge in [0, 0.05) is 0 Å². The molecule has 4 atom stereocenters. The minimum Gasteiger partial charge on any atom is -0.473 e. The topological polar surface area (TPSA) is 49.7 Å². The lowest BCUT2D eigenvalue weighted by Crippen LogP contribution is -2.55. The third-order valence-electron chi connectivity index (χ3n) is 9.15. The average Bonchev–Trinajstić information content (AvgIpc) is 2.49. The number of hydrogen-bond donors (Lipinski definition) is 2. The van der Waals surface area contributed by atoms with Crippen LogP contribution in [-0.4, -0.2) is 21.4 Å². The van der Waals surface area contributed by atoms with Gasteiger partial charge in [-0.3, -0.25) is 0 Å². The summed E-state index contributed by atoms with van der Waals surface area (Å²) in [7, 11) is 0. The molecule has 148 valence electrons. The Balaban J connectivity index is 1.13. The molecular weight excluding hydrogens is 336 g/mol. The van der Waals surface area contributed by atoms with Crippen molar-refractivity contribution in [1.82, 2.24) is 0 Å². The van der Waals surface area contributed by atoms with Gasteiger partial charge in [0.1, 0.15) is 0 Å². The van der Waals surface area contributed by atoms with Crippen LogP contribution in [-0.2, 0) is 4.74 Å². The van der Waals surface area contributed by atoms with Gasteiger partial charge in [0.2, 0.25) is 0 Å². The van der Waals surface area contributed by atoms with E-state index in [1.54, 1.807) is 0 Å². The van der Waals surface area contributed by atoms with Crippen LogP contribution in [0.4, 0.5) is 0 Å². The van der Waals surface area contributed by atoms with E-state index in [0.29, 0.717) is 23.7 Å². The molecule has 0 spiro atoms. The fourth-order valence-corrected chi connectivity index (χ4v) is 9.37. The molecule has 3 nitrogen and oxygen atoms in total. The first-order valence-corrected chi connectivity index (χ1v) is 11.3. The van der Waals surface area contributed by atoms with Gasteiger partial charge in [-0.05, 0) is 124 Å². The van der Waals surface area contributed by atoms with E-state index in [1.165, 1.54) is 38.5 Å². The largest absolute Gasteiger partial charge is 0.473 e. The summed E-state index contributed by atoms with van der Waals surface area (Å²) >= 11 is 0. The van der Waals surface area contributed by atoms with Crippen LogP contribution in [0.3, 0.4) is 0 Å². The standard InChI is InChI=1S/C24H34O3/c25-23-11-17-5-18(12-23)8-21(7-17,15-23)1-3-27-4-2-22-9-19-6-20(10-22)14-24(26,13-19)16-22/h1-4,17-20,25-26H,5-16H2. The van der Waals surface area contributed by atoms with Crippen molar-refractivity contribution in [2.45, 2.75) is 88.3 Å². The minimum atomic E-state index is -0.404. The van der Waals surface area contributed by atoms with Crippen molar-refractivity contribution >= 4 is 0 Å². The van der Waals surface area contributed by atoms with Gasteiger partial charge < -0.3 is 14.9 Å². The number of rotatable bonds is 4. The van der Waals surface area contributed by atoms with E-state index in [4.69, 9.17) is 4.74 Å². The van der Waals surface area contributed by atoms with E-state index in [-0.39, 0.29) is 10.8 Å². The predicted molar refractivity (Wildman–Crippen MR) is 103 cm³/mol. The van der Waals surface area contributed by atoms with Crippen molar-refractivity contribution in [2.75, 3.05) is 0 Å². The lowest BCUT2D eigenvalue weighted by atomic mass is 9.48. The van der Waals surface area contributed by atoms with Gasteiger partial charge in [-0.15, -0.1) is 0 Å². The highest BCUT2D eigenvalue weighted by atomic mass is 16.5. The van der Waals surface area contributed by atoms with E-state index in [9.17, 15) is 10.2 Å². The van der Waals surface area contributed by atoms with Crippen molar-refractivity contribution < 1.29 is 14.9 Å². The monoisotopic (exact) mass is 370 g/mol. The molecule has 0 radical (unpaired) electrons. The van der Waals surface area contributed by atoms with Gasteiger partial charge in [0.05, 0.1) is 23.7 Å². The molecule has 8 saturated carbocycles. The highest BCUT2D eigenvalue weighted by molar-refractivity contribution is 5.16. The van der Waals surface area contributed by atoms with E-state index in [2.05, 4.69) is 12.2 Å². The third-order valence-corrected chi connectivity index (χ3v) is 9.15. The van der Waals surface area contributed by atoms with E-state index in [0.717, 1.165) is 38.5 Å². The molecule has 3 heteroatoms. The Morgan fingerprint density at radius 1 is 0.593 bits per heavy atom. The molecule has 0 heterocycles. The zero-order valence-electron chi connectivity index (χ0n) is 16.4. The fraction of sp³-hybridized carbons (Fsp3) is 0.833. The summed E-state index contributed by atoms with van der Waals surface area (Å²) in [5, 5.41) is 21.8. The first-order chi connectivity index (χ1) is 12.8. The SMILES string of the molecule is OC12CC3CC(C1)CC(C=COC=CC14CC5CC(CC(O)(C5)C1)C4)(C3)C2. The Bertz CT molecular complexity index is 606. The second-order valence-electron chi connectivity index (χ2n) is 11.8. The molecule has 8 aliphatic carbocycles. The maximum absolute atomic E-state index is 10.9. The van der Waals surface area contributed by atoms with Crippen molar-refractivity contribution in [2.24, 2.45) is 34.5 Å². The predicted octanol–water partition coefficient (Wildman–Crippen LogP) is 4.69. The number of hydrogen-bond acceptors (Lipinski definition) is 3. The minimum absolute atomic E-state index is 0.169. The number of ether oxygens (including phenoxy) is 1. The van der Waals surface area contributed by atoms with Crippen LogP contribution in [0.15, 0.2) is 24.7 Å². The van der Waals surface area contributed by atoms with Crippen LogP contribution < -0.4 is 0 Å². The Hall–Kier alpha value is -0.800. The smallest absolute Gasteiger partial charge is 0.0867 e. The molecule has 0 amide bonds. The molecule has 0 saturated heterocycles. The molecule has 2 N–H and O–H groups in total. The lowest BCUT2D eigenvalue weighted by molar-refractivity contribution is -0.148. The second kappa shape index (κ2) is 5.42. The van der Waals surface area contributed by atoms with Gasteiger partial charge in [0.15, 0.2) is 0 Å². The van der Waals surface area contributed by atoms with Crippen molar-refractivity contribution in [3.63, 3.8) is 0 Å². The number of allylic oxidation sites excluding steroid dienone is 2. The van der Waals surface area contributed by atoms with Gasteiger partial charge >= 0.3 is 0 Å². The normalized spacial score (nSPS) is 58.0. The van der Waals surface area contributed by atoms with Crippen LogP contribution >= 0.6 is 0 Å². The average molecular weight is 371 g/mol. The molecule has 0 aromatic rings. The summed E-state index contributed by atoms with van der Waals surface area (Å²) in [4.78, 5) is 0. The molecule has 8 bridgehead atoms. The van der Waals surface area contributed by atoms with Crippen molar-refractivity contribution in [3.8, 4) is 0 Å².